The van der Waals surface area contributed by atoms with Gasteiger partial charge in [-0.05, 0) is 31.5 Å². The summed E-state index contributed by atoms with van der Waals surface area (Å²) in [5.74, 6) is 1.73. The van der Waals surface area contributed by atoms with E-state index < -0.39 is 6.10 Å². The molecule has 1 aromatic carbocycles. The summed E-state index contributed by atoms with van der Waals surface area (Å²) in [4.78, 5) is 4.68. The molecule has 0 spiro atoms. The minimum Gasteiger partial charge on any atom is -0.469 e. The number of aliphatic hydroxyl groups is 1. The lowest BCUT2D eigenvalue weighted by Crippen LogP contribution is -2.08. The van der Waals surface area contributed by atoms with Crippen molar-refractivity contribution in [1.29, 1.82) is 0 Å². The highest BCUT2D eigenvalue weighted by atomic mass is 16.3. The highest BCUT2D eigenvalue weighted by Crippen LogP contribution is 2.23. The third-order valence-corrected chi connectivity index (χ3v) is 3.69. The van der Waals surface area contributed by atoms with Crippen LogP contribution in [0, 0.1) is 6.92 Å². The van der Waals surface area contributed by atoms with E-state index in [0.29, 0.717) is 6.42 Å². The smallest absolute Gasteiger partial charge is 0.112 e. The molecule has 0 saturated carbocycles. The zero-order chi connectivity index (χ0) is 14.8. The second-order valence-corrected chi connectivity index (χ2v) is 5.38. The maximum absolute atomic E-state index is 10.4. The van der Waals surface area contributed by atoms with Gasteiger partial charge < -0.3 is 14.1 Å². The molecule has 1 N–H and O–H groups in total. The summed E-state index contributed by atoms with van der Waals surface area (Å²) in [6.45, 7) is 4.93. The molecule has 0 aliphatic heterocycles. The number of hydrogen-bond donors (Lipinski definition) is 1. The molecule has 0 amide bonds. The molecule has 2 heterocycles. The Morgan fingerprint density at radius 2 is 2.14 bits per heavy atom. The van der Waals surface area contributed by atoms with Crippen LogP contribution in [-0.2, 0) is 13.0 Å². The normalized spacial score (nSPS) is 12.9. The first-order valence-electron chi connectivity index (χ1n) is 7.36. The fourth-order valence-corrected chi connectivity index (χ4v) is 2.68. The average Bonchev–Trinajstić information content (AvgIpc) is 3.04. The van der Waals surface area contributed by atoms with Crippen molar-refractivity contribution in [3.05, 3.63) is 53.7 Å². The fraction of sp³-hybridized carbons (Fsp3) is 0.353. The molecule has 2 aromatic heterocycles. The van der Waals surface area contributed by atoms with Crippen LogP contribution in [0.5, 0.6) is 0 Å². The van der Waals surface area contributed by atoms with E-state index in [2.05, 4.69) is 22.5 Å². The number of aromatic nitrogens is 2. The van der Waals surface area contributed by atoms with Crippen molar-refractivity contribution in [1.82, 2.24) is 9.55 Å². The largest absolute Gasteiger partial charge is 0.469 e. The van der Waals surface area contributed by atoms with Gasteiger partial charge >= 0.3 is 0 Å². The number of benzene rings is 1. The molecule has 0 bridgehead atoms. The van der Waals surface area contributed by atoms with E-state index >= 15 is 0 Å². The molecule has 0 fully saturated rings. The van der Waals surface area contributed by atoms with Gasteiger partial charge in [0.05, 0.1) is 23.4 Å². The van der Waals surface area contributed by atoms with E-state index in [9.17, 15) is 5.11 Å². The first-order chi connectivity index (χ1) is 10.2. The SMILES string of the molecule is CCCn1c(CC(O)c2coc(C)c2)nc2ccccc21. The van der Waals surface area contributed by atoms with E-state index in [0.717, 1.165) is 41.1 Å². The molecular weight excluding hydrogens is 264 g/mol. The van der Waals surface area contributed by atoms with E-state index in [1.54, 1.807) is 6.26 Å². The summed E-state index contributed by atoms with van der Waals surface area (Å²) in [6, 6.07) is 9.98. The maximum Gasteiger partial charge on any atom is 0.112 e. The molecule has 1 atom stereocenters. The molecule has 3 rings (SSSR count). The highest BCUT2D eigenvalue weighted by molar-refractivity contribution is 5.75. The van der Waals surface area contributed by atoms with E-state index in [1.807, 2.05) is 31.2 Å². The van der Waals surface area contributed by atoms with Gasteiger partial charge in [-0.3, -0.25) is 0 Å². The van der Waals surface area contributed by atoms with Gasteiger partial charge in [0, 0.05) is 18.5 Å². The zero-order valence-corrected chi connectivity index (χ0v) is 12.4. The average molecular weight is 284 g/mol. The van der Waals surface area contributed by atoms with Crippen molar-refractivity contribution in [2.45, 2.75) is 39.3 Å². The van der Waals surface area contributed by atoms with Gasteiger partial charge in [-0.1, -0.05) is 19.1 Å². The third-order valence-electron chi connectivity index (χ3n) is 3.69. The molecule has 4 nitrogen and oxygen atoms in total. The van der Waals surface area contributed by atoms with Gasteiger partial charge in [-0.2, -0.15) is 0 Å². The lowest BCUT2D eigenvalue weighted by Gasteiger charge is -2.11. The van der Waals surface area contributed by atoms with Crippen molar-refractivity contribution < 1.29 is 9.52 Å². The minimum atomic E-state index is -0.588. The Labute approximate surface area is 124 Å². The van der Waals surface area contributed by atoms with Crippen LogP contribution in [0.25, 0.3) is 11.0 Å². The zero-order valence-electron chi connectivity index (χ0n) is 12.4. The van der Waals surface area contributed by atoms with Crippen LogP contribution >= 0.6 is 0 Å². The van der Waals surface area contributed by atoms with Gasteiger partial charge in [-0.25, -0.2) is 4.98 Å². The first-order valence-corrected chi connectivity index (χ1v) is 7.36. The molecule has 0 aliphatic carbocycles. The predicted molar refractivity (Wildman–Crippen MR) is 82.1 cm³/mol. The fourth-order valence-electron chi connectivity index (χ4n) is 2.68. The standard InChI is InChI=1S/C17H20N2O2/c1-3-8-19-15-7-5-4-6-14(15)18-17(19)10-16(20)13-9-12(2)21-11-13/h4-7,9,11,16,20H,3,8,10H2,1-2H3. The van der Waals surface area contributed by atoms with Gasteiger partial charge in [0.2, 0.25) is 0 Å². The Kier molecular flexibility index (Phi) is 3.80. The van der Waals surface area contributed by atoms with E-state index in [-0.39, 0.29) is 0 Å². The number of aliphatic hydroxyl groups excluding tert-OH is 1. The summed E-state index contributed by atoms with van der Waals surface area (Å²) < 4.78 is 7.47. The Bertz CT molecular complexity index is 742. The summed E-state index contributed by atoms with van der Waals surface area (Å²) in [7, 11) is 0. The first kappa shape index (κ1) is 13.9. The number of rotatable bonds is 5. The topological polar surface area (TPSA) is 51.2 Å². The van der Waals surface area contributed by atoms with Crippen LogP contribution in [-0.4, -0.2) is 14.7 Å². The van der Waals surface area contributed by atoms with Crippen molar-refractivity contribution in [2.24, 2.45) is 0 Å². The van der Waals surface area contributed by atoms with E-state index in [1.165, 1.54) is 0 Å². The molecule has 110 valence electrons. The monoisotopic (exact) mass is 284 g/mol. The molecule has 0 radical (unpaired) electrons. The molecule has 1 unspecified atom stereocenters. The van der Waals surface area contributed by atoms with Crippen LogP contribution in [0.2, 0.25) is 0 Å². The molecular formula is C17H20N2O2. The van der Waals surface area contributed by atoms with Gasteiger partial charge in [0.15, 0.2) is 0 Å². The quantitative estimate of drug-likeness (QED) is 0.778. The van der Waals surface area contributed by atoms with Crippen molar-refractivity contribution >= 4 is 11.0 Å². The van der Waals surface area contributed by atoms with Crippen LogP contribution < -0.4 is 0 Å². The third kappa shape index (κ3) is 2.72. The molecule has 0 saturated heterocycles. The minimum absolute atomic E-state index is 0.494. The van der Waals surface area contributed by atoms with Crippen molar-refractivity contribution in [3.8, 4) is 0 Å². The molecule has 0 aliphatic rings. The second-order valence-electron chi connectivity index (χ2n) is 5.38. The number of aryl methyl sites for hydroxylation is 2. The molecule has 21 heavy (non-hydrogen) atoms. The van der Waals surface area contributed by atoms with Crippen LogP contribution in [0.3, 0.4) is 0 Å². The number of imidazole rings is 1. The summed E-state index contributed by atoms with van der Waals surface area (Å²) in [6.07, 6.45) is 2.56. The van der Waals surface area contributed by atoms with Crippen LogP contribution in [0.1, 0.15) is 36.6 Å². The summed E-state index contributed by atoms with van der Waals surface area (Å²) >= 11 is 0. The van der Waals surface area contributed by atoms with Gasteiger partial charge in [0.25, 0.3) is 0 Å². The maximum atomic E-state index is 10.4. The Balaban J connectivity index is 1.94. The number of hydrogen-bond acceptors (Lipinski definition) is 3. The Morgan fingerprint density at radius 3 is 2.86 bits per heavy atom. The lowest BCUT2D eigenvalue weighted by molar-refractivity contribution is 0.173. The van der Waals surface area contributed by atoms with Gasteiger partial charge in [-0.15, -0.1) is 0 Å². The summed E-state index contributed by atoms with van der Waals surface area (Å²) in [5.41, 5.74) is 2.92. The molecule has 4 heteroatoms. The van der Waals surface area contributed by atoms with Gasteiger partial charge in [0.1, 0.15) is 11.6 Å². The predicted octanol–water partition coefficient (Wildman–Crippen LogP) is 3.62. The number of nitrogens with zero attached hydrogens (tertiary/aromatic N) is 2. The lowest BCUT2D eigenvalue weighted by atomic mass is 10.1. The molecule has 3 aromatic rings. The number of para-hydroxylation sites is 2. The van der Waals surface area contributed by atoms with Crippen molar-refractivity contribution in [2.75, 3.05) is 0 Å². The Morgan fingerprint density at radius 1 is 1.33 bits per heavy atom. The summed E-state index contributed by atoms with van der Waals surface area (Å²) in [5, 5.41) is 10.4. The Hall–Kier alpha value is -2.07. The van der Waals surface area contributed by atoms with E-state index in [4.69, 9.17) is 4.42 Å². The van der Waals surface area contributed by atoms with Crippen LogP contribution in [0.4, 0.5) is 0 Å². The number of furan rings is 1. The highest BCUT2D eigenvalue weighted by Gasteiger charge is 2.16. The van der Waals surface area contributed by atoms with Crippen LogP contribution in [0.15, 0.2) is 41.0 Å². The second kappa shape index (κ2) is 5.74. The van der Waals surface area contributed by atoms with Crippen molar-refractivity contribution in [3.63, 3.8) is 0 Å². The number of fused-ring (bicyclic) bond motifs is 1.